The average molecular weight is 502 g/mol. The lowest BCUT2D eigenvalue weighted by Crippen LogP contribution is -2.42. The highest BCUT2D eigenvalue weighted by Gasteiger charge is 2.35. The zero-order valence-electron chi connectivity index (χ0n) is 18.7. The number of thiocarbonyl (C=S) groups is 1. The monoisotopic (exact) mass is 501 g/mol. The Morgan fingerprint density at radius 3 is 2.51 bits per heavy atom. The van der Waals surface area contributed by atoms with Gasteiger partial charge >= 0.3 is 0 Å². The fourth-order valence-electron chi connectivity index (χ4n) is 4.53. The Balaban J connectivity index is 1.47. The summed E-state index contributed by atoms with van der Waals surface area (Å²) in [6, 6.07) is 10.7. The van der Waals surface area contributed by atoms with E-state index >= 15 is 0 Å². The molecule has 0 saturated carbocycles. The molecule has 1 atom stereocenters. The maximum atomic E-state index is 14.7. The van der Waals surface area contributed by atoms with E-state index in [0.29, 0.717) is 40.5 Å². The number of halogens is 4. The molecule has 3 heterocycles. The molecule has 2 aromatic carbocycles. The molecule has 2 aliphatic rings. The summed E-state index contributed by atoms with van der Waals surface area (Å²) in [5, 5.41) is 0. The van der Waals surface area contributed by atoms with E-state index < -0.39 is 17.6 Å². The third kappa shape index (κ3) is 4.75. The number of aromatic nitrogens is 1. The molecular weight excluding hydrogens is 478 g/mol. The Morgan fingerprint density at radius 1 is 1.09 bits per heavy atom. The van der Waals surface area contributed by atoms with Crippen LogP contribution in [0.15, 0.2) is 48.7 Å². The fraction of sp³-hybridized carbons (Fsp3) is 0.308. The second-order valence-electron chi connectivity index (χ2n) is 8.90. The van der Waals surface area contributed by atoms with Crippen molar-refractivity contribution in [1.29, 1.82) is 0 Å². The van der Waals surface area contributed by atoms with Crippen molar-refractivity contribution in [1.82, 2.24) is 9.88 Å². The van der Waals surface area contributed by atoms with Gasteiger partial charge in [-0.3, -0.25) is 4.98 Å². The van der Waals surface area contributed by atoms with Gasteiger partial charge in [0.2, 0.25) is 0 Å². The van der Waals surface area contributed by atoms with E-state index in [4.69, 9.17) is 22.7 Å². The number of alkyl halides is 2. The van der Waals surface area contributed by atoms with Crippen LogP contribution < -0.4 is 10.5 Å². The average Bonchev–Trinajstić information content (AvgIpc) is 3.27. The van der Waals surface area contributed by atoms with Crippen LogP contribution in [0.25, 0.3) is 22.4 Å². The minimum absolute atomic E-state index is 0.202. The van der Waals surface area contributed by atoms with Gasteiger partial charge in [-0.1, -0.05) is 12.2 Å². The van der Waals surface area contributed by atoms with Crippen molar-refractivity contribution >= 4 is 17.2 Å². The number of pyridine rings is 1. The van der Waals surface area contributed by atoms with Gasteiger partial charge in [-0.15, -0.1) is 0 Å². The summed E-state index contributed by atoms with van der Waals surface area (Å²) in [6.07, 6.45) is 1.52. The standard InChI is InChI=1S/C26H23F4N3OS/c27-18-2-3-20(22(28)12-18)21-11-16(9-17-10-19(13-31)34-24(17)21)23-4-1-15(14-32-23)25(35)33-7-5-26(29,30)6-8-33/h1-4,9,11-12,14,19H,5-8,10,13,31H2. The lowest BCUT2D eigenvalue weighted by molar-refractivity contribution is -0.0430. The number of ether oxygens (including phenoxy) is 1. The van der Waals surface area contributed by atoms with E-state index in [1.54, 1.807) is 23.2 Å². The molecule has 9 heteroatoms. The quantitative estimate of drug-likeness (QED) is 0.385. The molecule has 0 bridgehead atoms. The molecule has 182 valence electrons. The van der Waals surface area contributed by atoms with E-state index in [1.807, 2.05) is 12.1 Å². The summed E-state index contributed by atoms with van der Waals surface area (Å²) in [7, 11) is 0. The molecule has 0 radical (unpaired) electrons. The first-order valence-corrected chi connectivity index (χ1v) is 11.8. The van der Waals surface area contributed by atoms with Gasteiger partial charge in [0.15, 0.2) is 0 Å². The highest BCUT2D eigenvalue weighted by atomic mass is 32.1. The second-order valence-corrected chi connectivity index (χ2v) is 9.28. The molecule has 2 N–H and O–H groups in total. The van der Waals surface area contributed by atoms with Gasteiger partial charge in [-0.05, 0) is 42.0 Å². The number of hydrogen-bond acceptors (Lipinski definition) is 4. The molecule has 1 saturated heterocycles. The first-order chi connectivity index (χ1) is 16.7. The van der Waals surface area contributed by atoms with Crippen LogP contribution in [0.4, 0.5) is 17.6 Å². The number of benzene rings is 2. The third-order valence-electron chi connectivity index (χ3n) is 6.47. The summed E-state index contributed by atoms with van der Waals surface area (Å²) in [4.78, 5) is 6.81. The molecule has 1 fully saturated rings. The van der Waals surface area contributed by atoms with Gasteiger partial charge in [0.25, 0.3) is 5.92 Å². The summed E-state index contributed by atoms with van der Waals surface area (Å²) >= 11 is 5.52. The predicted molar refractivity (Wildman–Crippen MR) is 130 cm³/mol. The molecule has 1 aromatic heterocycles. The predicted octanol–water partition coefficient (Wildman–Crippen LogP) is 5.36. The molecule has 4 nitrogen and oxygen atoms in total. The Kier molecular flexibility index (Phi) is 6.23. The van der Waals surface area contributed by atoms with Gasteiger partial charge in [-0.2, -0.15) is 0 Å². The van der Waals surface area contributed by atoms with Crippen molar-refractivity contribution in [3.63, 3.8) is 0 Å². The Labute approximate surface area is 205 Å². The normalized spacial score (nSPS) is 18.8. The number of nitrogens with two attached hydrogens (primary N) is 1. The lowest BCUT2D eigenvalue weighted by Gasteiger charge is -2.33. The fourth-order valence-corrected chi connectivity index (χ4v) is 4.83. The van der Waals surface area contributed by atoms with Crippen molar-refractivity contribution in [2.45, 2.75) is 31.3 Å². The summed E-state index contributed by atoms with van der Waals surface area (Å²) in [6.45, 7) is 0.711. The third-order valence-corrected chi connectivity index (χ3v) is 6.96. The maximum Gasteiger partial charge on any atom is 0.251 e. The maximum absolute atomic E-state index is 14.7. The van der Waals surface area contributed by atoms with Crippen LogP contribution in [0.3, 0.4) is 0 Å². The summed E-state index contributed by atoms with van der Waals surface area (Å²) < 4.78 is 61.1. The number of rotatable bonds is 4. The molecule has 0 aliphatic carbocycles. The number of nitrogens with zero attached hydrogens (tertiary/aromatic N) is 2. The number of fused-ring (bicyclic) bond motifs is 1. The number of piperidine rings is 1. The van der Waals surface area contributed by atoms with E-state index in [9.17, 15) is 17.6 Å². The van der Waals surface area contributed by atoms with Crippen LogP contribution in [-0.4, -0.2) is 46.5 Å². The van der Waals surface area contributed by atoms with Crippen LogP contribution in [0.2, 0.25) is 0 Å². The Morgan fingerprint density at radius 2 is 1.86 bits per heavy atom. The van der Waals surface area contributed by atoms with Gasteiger partial charge in [0, 0.05) is 73.4 Å². The zero-order valence-corrected chi connectivity index (χ0v) is 19.6. The molecule has 3 aromatic rings. The van der Waals surface area contributed by atoms with Crippen molar-refractivity contribution < 1.29 is 22.3 Å². The van der Waals surface area contributed by atoms with Crippen LogP contribution in [0, 0.1) is 11.6 Å². The molecule has 35 heavy (non-hydrogen) atoms. The van der Waals surface area contributed by atoms with E-state index in [-0.39, 0.29) is 37.6 Å². The minimum atomic E-state index is -2.64. The zero-order chi connectivity index (χ0) is 24.7. The van der Waals surface area contributed by atoms with E-state index in [2.05, 4.69) is 4.98 Å². The first-order valence-electron chi connectivity index (χ1n) is 11.4. The van der Waals surface area contributed by atoms with Gasteiger partial charge in [0.05, 0.1) is 5.69 Å². The molecule has 2 aliphatic heterocycles. The number of likely N-dealkylation sites (tertiary alicyclic amines) is 1. The van der Waals surface area contributed by atoms with Gasteiger partial charge in [-0.25, -0.2) is 17.6 Å². The van der Waals surface area contributed by atoms with Crippen LogP contribution >= 0.6 is 12.2 Å². The summed E-state index contributed by atoms with van der Waals surface area (Å²) in [5.74, 6) is -3.46. The van der Waals surface area contributed by atoms with Crippen LogP contribution in [-0.2, 0) is 6.42 Å². The molecule has 0 spiro atoms. The van der Waals surface area contributed by atoms with E-state index in [1.165, 1.54) is 12.1 Å². The van der Waals surface area contributed by atoms with Crippen molar-refractivity contribution in [2.24, 2.45) is 5.73 Å². The second kappa shape index (κ2) is 9.20. The largest absolute Gasteiger partial charge is 0.488 e. The Hall–Kier alpha value is -3.04. The van der Waals surface area contributed by atoms with Crippen molar-refractivity contribution in [3.8, 4) is 28.1 Å². The number of hydrogen-bond donors (Lipinski definition) is 1. The smallest absolute Gasteiger partial charge is 0.251 e. The molecular formula is C26H23F4N3OS. The van der Waals surface area contributed by atoms with Crippen molar-refractivity contribution in [2.75, 3.05) is 19.6 Å². The summed E-state index contributed by atoms with van der Waals surface area (Å²) in [5.41, 5.74) is 9.43. The SMILES string of the molecule is NCC1Cc2cc(-c3ccc(C(=S)N4CCC(F)(F)CC4)cn3)cc(-c3ccc(F)cc3F)c2O1. The van der Waals surface area contributed by atoms with Gasteiger partial charge in [0.1, 0.15) is 28.5 Å². The molecule has 5 rings (SSSR count). The minimum Gasteiger partial charge on any atom is -0.488 e. The van der Waals surface area contributed by atoms with Crippen LogP contribution in [0.1, 0.15) is 24.0 Å². The first kappa shape index (κ1) is 23.7. The van der Waals surface area contributed by atoms with Crippen molar-refractivity contribution in [3.05, 3.63) is 71.4 Å². The highest BCUT2D eigenvalue weighted by molar-refractivity contribution is 7.80. The highest BCUT2D eigenvalue weighted by Crippen LogP contribution is 2.42. The topological polar surface area (TPSA) is 51.4 Å². The molecule has 1 unspecified atom stereocenters. The van der Waals surface area contributed by atoms with Crippen LogP contribution in [0.5, 0.6) is 5.75 Å². The van der Waals surface area contributed by atoms with Gasteiger partial charge < -0.3 is 15.4 Å². The molecule has 0 amide bonds. The van der Waals surface area contributed by atoms with E-state index in [0.717, 1.165) is 17.2 Å². The lowest BCUT2D eigenvalue weighted by atomic mass is 9.95. The Bertz CT molecular complexity index is 1270.